The molecule has 0 saturated heterocycles. The molecule has 0 spiro atoms. The molecule has 1 atom stereocenters. The standard InChI is InChI=1S/C16H20N2O/c1-12(8-13-4-2-5-13)18-15-7-3-6-14(9-15)16-10-17-11-19-16/h3,6-7,9-13,18H,2,4-5,8H2,1H3. The summed E-state index contributed by atoms with van der Waals surface area (Å²) in [6.07, 6.45) is 8.71. The maximum atomic E-state index is 5.33. The molecule has 1 aliphatic carbocycles. The van der Waals surface area contributed by atoms with Crippen LogP contribution in [-0.4, -0.2) is 11.0 Å². The quantitative estimate of drug-likeness (QED) is 0.865. The zero-order valence-corrected chi connectivity index (χ0v) is 11.3. The molecule has 0 amide bonds. The van der Waals surface area contributed by atoms with Crippen molar-refractivity contribution >= 4 is 5.69 Å². The van der Waals surface area contributed by atoms with Crippen molar-refractivity contribution in [1.82, 2.24) is 4.98 Å². The number of nitrogens with one attached hydrogen (secondary N) is 1. The van der Waals surface area contributed by atoms with Gasteiger partial charge in [0.25, 0.3) is 0 Å². The van der Waals surface area contributed by atoms with Crippen molar-refractivity contribution < 1.29 is 4.42 Å². The van der Waals surface area contributed by atoms with Crippen molar-refractivity contribution in [3.05, 3.63) is 36.9 Å². The number of rotatable bonds is 5. The normalized spacial score (nSPS) is 16.9. The van der Waals surface area contributed by atoms with Crippen LogP contribution in [0.15, 0.2) is 41.3 Å². The molecule has 0 bridgehead atoms. The highest BCUT2D eigenvalue weighted by Gasteiger charge is 2.19. The van der Waals surface area contributed by atoms with Gasteiger partial charge in [-0.05, 0) is 31.4 Å². The average molecular weight is 256 g/mol. The first-order valence-electron chi connectivity index (χ1n) is 7.07. The summed E-state index contributed by atoms with van der Waals surface area (Å²) in [6, 6.07) is 8.85. The number of benzene rings is 1. The van der Waals surface area contributed by atoms with Gasteiger partial charge < -0.3 is 9.73 Å². The fourth-order valence-corrected chi connectivity index (χ4v) is 2.69. The fourth-order valence-electron chi connectivity index (χ4n) is 2.69. The molecule has 1 aliphatic rings. The minimum absolute atomic E-state index is 0.523. The Morgan fingerprint density at radius 3 is 3.00 bits per heavy atom. The van der Waals surface area contributed by atoms with Crippen molar-refractivity contribution in [1.29, 1.82) is 0 Å². The zero-order valence-electron chi connectivity index (χ0n) is 11.3. The molecule has 1 aromatic carbocycles. The van der Waals surface area contributed by atoms with Gasteiger partial charge in [-0.15, -0.1) is 0 Å². The zero-order chi connectivity index (χ0) is 13.1. The summed E-state index contributed by atoms with van der Waals surface area (Å²) in [5.74, 6) is 1.75. The molecule has 19 heavy (non-hydrogen) atoms. The van der Waals surface area contributed by atoms with Crippen LogP contribution in [0.25, 0.3) is 11.3 Å². The van der Waals surface area contributed by atoms with E-state index in [0.717, 1.165) is 22.9 Å². The average Bonchev–Trinajstić information content (AvgIpc) is 2.88. The van der Waals surface area contributed by atoms with E-state index in [0.29, 0.717) is 6.04 Å². The highest BCUT2D eigenvalue weighted by atomic mass is 16.3. The fraction of sp³-hybridized carbons (Fsp3) is 0.438. The third-order valence-electron chi connectivity index (χ3n) is 3.90. The summed E-state index contributed by atoms with van der Waals surface area (Å²) in [6.45, 7) is 2.26. The minimum Gasteiger partial charge on any atom is -0.444 e. The Bertz CT molecular complexity index is 517. The van der Waals surface area contributed by atoms with Crippen molar-refractivity contribution in [3.63, 3.8) is 0 Å². The Balaban J connectivity index is 1.65. The first kappa shape index (κ1) is 12.3. The van der Waals surface area contributed by atoms with Crippen LogP contribution in [0.5, 0.6) is 0 Å². The molecule has 1 saturated carbocycles. The molecule has 1 N–H and O–H groups in total. The molecule has 0 aliphatic heterocycles. The van der Waals surface area contributed by atoms with Crippen LogP contribution in [0.3, 0.4) is 0 Å². The van der Waals surface area contributed by atoms with Crippen molar-refractivity contribution in [2.75, 3.05) is 5.32 Å². The van der Waals surface area contributed by atoms with Gasteiger partial charge in [-0.25, -0.2) is 4.98 Å². The second kappa shape index (κ2) is 5.47. The van der Waals surface area contributed by atoms with Crippen LogP contribution in [0, 0.1) is 5.92 Å². The van der Waals surface area contributed by atoms with Crippen LogP contribution < -0.4 is 5.32 Å². The second-order valence-electron chi connectivity index (χ2n) is 5.52. The lowest BCUT2D eigenvalue weighted by Crippen LogP contribution is -2.23. The Kier molecular flexibility index (Phi) is 3.53. The van der Waals surface area contributed by atoms with Gasteiger partial charge in [0, 0.05) is 17.3 Å². The van der Waals surface area contributed by atoms with Crippen LogP contribution in [0.4, 0.5) is 5.69 Å². The first-order valence-corrected chi connectivity index (χ1v) is 7.07. The molecule has 3 heteroatoms. The van der Waals surface area contributed by atoms with Crippen molar-refractivity contribution in [2.24, 2.45) is 5.92 Å². The predicted molar refractivity (Wildman–Crippen MR) is 77.0 cm³/mol. The van der Waals surface area contributed by atoms with E-state index < -0.39 is 0 Å². The van der Waals surface area contributed by atoms with E-state index in [4.69, 9.17) is 4.42 Å². The number of nitrogens with zero attached hydrogens (tertiary/aromatic N) is 1. The summed E-state index contributed by atoms with van der Waals surface area (Å²) in [5, 5.41) is 3.58. The molecule has 100 valence electrons. The van der Waals surface area contributed by atoms with Gasteiger partial charge in [0.2, 0.25) is 0 Å². The highest BCUT2D eigenvalue weighted by Crippen LogP contribution is 2.31. The van der Waals surface area contributed by atoms with E-state index in [1.54, 1.807) is 6.20 Å². The lowest BCUT2D eigenvalue weighted by atomic mass is 9.81. The molecular weight excluding hydrogens is 236 g/mol. The monoisotopic (exact) mass is 256 g/mol. The van der Waals surface area contributed by atoms with Gasteiger partial charge >= 0.3 is 0 Å². The van der Waals surface area contributed by atoms with Crippen molar-refractivity contribution in [2.45, 2.75) is 38.6 Å². The summed E-state index contributed by atoms with van der Waals surface area (Å²) in [4.78, 5) is 3.96. The third-order valence-corrected chi connectivity index (χ3v) is 3.90. The topological polar surface area (TPSA) is 38.1 Å². The maximum absolute atomic E-state index is 5.33. The van der Waals surface area contributed by atoms with E-state index >= 15 is 0 Å². The lowest BCUT2D eigenvalue weighted by Gasteiger charge is -2.29. The van der Waals surface area contributed by atoms with Gasteiger partial charge in [-0.1, -0.05) is 31.4 Å². The SMILES string of the molecule is CC(CC1CCC1)Nc1cccc(-c2cnco2)c1. The summed E-state index contributed by atoms with van der Waals surface area (Å²) in [5.41, 5.74) is 2.22. The summed E-state index contributed by atoms with van der Waals surface area (Å²) < 4.78 is 5.33. The number of anilines is 1. The molecule has 1 aromatic heterocycles. The third kappa shape index (κ3) is 2.98. The Labute approximate surface area is 114 Å². The van der Waals surface area contributed by atoms with Gasteiger partial charge in [-0.3, -0.25) is 0 Å². The van der Waals surface area contributed by atoms with E-state index in [1.165, 1.54) is 32.1 Å². The molecule has 0 radical (unpaired) electrons. The first-order chi connectivity index (χ1) is 9.31. The molecular formula is C16H20N2O. The molecule has 2 aromatic rings. The van der Waals surface area contributed by atoms with Gasteiger partial charge in [0.05, 0.1) is 6.20 Å². The van der Waals surface area contributed by atoms with Crippen LogP contribution >= 0.6 is 0 Å². The molecule has 1 heterocycles. The predicted octanol–water partition coefficient (Wildman–Crippen LogP) is 4.33. The van der Waals surface area contributed by atoms with Gasteiger partial charge in [0.1, 0.15) is 0 Å². The van der Waals surface area contributed by atoms with Crippen molar-refractivity contribution in [3.8, 4) is 11.3 Å². The van der Waals surface area contributed by atoms with E-state index in [-0.39, 0.29) is 0 Å². The summed E-state index contributed by atoms with van der Waals surface area (Å²) in [7, 11) is 0. The number of hydrogen-bond donors (Lipinski definition) is 1. The number of aromatic nitrogens is 1. The molecule has 3 rings (SSSR count). The largest absolute Gasteiger partial charge is 0.444 e. The maximum Gasteiger partial charge on any atom is 0.181 e. The molecule has 1 fully saturated rings. The molecule has 3 nitrogen and oxygen atoms in total. The number of oxazole rings is 1. The van der Waals surface area contributed by atoms with Crippen LogP contribution in [0.2, 0.25) is 0 Å². The number of hydrogen-bond acceptors (Lipinski definition) is 3. The summed E-state index contributed by atoms with van der Waals surface area (Å²) >= 11 is 0. The Morgan fingerprint density at radius 1 is 1.42 bits per heavy atom. The minimum atomic E-state index is 0.523. The van der Waals surface area contributed by atoms with Crippen LogP contribution in [0.1, 0.15) is 32.6 Å². The van der Waals surface area contributed by atoms with E-state index in [1.807, 2.05) is 6.07 Å². The highest BCUT2D eigenvalue weighted by molar-refractivity contribution is 5.63. The smallest absolute Gasteiger partial charge is 0.181 e. The lowest BCUT2D eigenvalue weighted by molar-refractivity contribution is 0.286. The Hall–Kier alpha value is -1.77. The molecule has 1 unspecified atom stereocenters. The second-order valence-corrected chi connectivity index (χ2v) is 5.52. The van der Waals surface area contributed by atoms with Gasteiger partial charge in [-0.2, -0.15) is 0 Å². The Morgan fingerprint density at radius 2 is 2.32 bits per heavy atom. The van der Waals surface area contributed by atoms with Gasteiger partial charge in [0.15, 0.2) is 12.2 Å². The van der Waals surface area contributed by atoms with Crippen LogP contribution in [-0.2, 0) is 0 Å². The van der Waals surface area contributed by atoms with E-state index in [2.05, 4.69) is 35.4 Å². The van der Waals surface area contributed by atoms with E-state index in [9.17, 15) is 0 Å².